The minimum Gasteiger partial charge on any atom is -0.508 e. The van der Waals surface area contributed by atoms with Gasteiger partial charge in [0.15, 0.2) is 0 Å². The Balaban J connectivity index is 2.86. The Hall–Kier alpha value is -1.96. The van der Waals surface area contributed by atoms with E-state index < -0.39 is 0 Å². The van der Waals surface area contributed by atoms with Crippen LogP contribution in [0.1, 0.15) is 82.1 Å². The van der Waals surface area contributed by atoms with Gasteiger partial charge in [-0.1, -0.05) is 59.9 Å². The lowest BCUT2D eigenvalue weighted by Gasteiger charge is -2.24. The lowest BCUT2D eigenvalue weighted by Crippen LogP contribution is -2.05. The number of benzene rings is 2. The van der Waals surface area contributed by atoms with Gasteiger partial charge in [-0.15, -0.1) is 0 Å². The smallest absolute Gasteiger partial charge is 0.119 e. The van der Waals surface area contributed by atoms with E-state index in [-0.39, 0.29) is 5.92 Å². The van der Waals surface area contributed by atoms with Crippen molar-refractivity contribution >= 4 is 0 Å². The van der Waals surface area contributed by atoms with Crippen molar-refractivity contribution in [1.82, 2.24) is 0 Å². The van der Waals surface area contributed by atoms with E-state index in [4.69, 9.17) is 0 Å². The van der Waals surface area contributed by atoms with Gasteiger partial charge in [-0.25, -0.2) is 0 Å². The fraction of sp³-hybridized carbons (Fsp3) is 0.500. The molecule has 0 aliphatic carbocycles. The average Bonchev–Trinajstić information content (AvgIpc) is 2.56. The zero-order valence-electron chi connectivity index (χ0n) is 17.0. The summed E-state index contributed by atoms with van der Waals surface area (Å²) in [6.07, 6.45) is 5.98. The fourth-order valence-electron chi connectivity index (χ4n) is 4.05. The van der Waals surface area contributed by atoms with Gasteiger partial charge < -0.3 is 10.2 Å². The number of phenols is 2. The van der Waals surface area contributed by atoms with Gasteiger partial charge in [0.05, 0.1) is 0 Å². The molecule has 0 unspecified atom stereocenters. The fourth-order valence-corrected chi connectivity index (χ4v) is 4.05. The SMILES string of the molecule is CCCc1cc(O)ccc1-c1c(CCC)cc(O)c(C(C)C)c1CCC. The van der Waals surface area contributed by atoms with E-state index in [1.165, 1.54) is 27.8 Å². The molecule has 0 bridgehead atoms. The van der Waals surface area contributed by atoms with E-state index in [0.29, 0.717) is 11.5 Å². The lowest BCUT2D eigenvalue weighted by molar-refractivity contribution is 0.462. The highest BCUT2D eigenvalue weighted by Gasteiger charge is 2.21. The number of aromatic hydroxyl groups is 2. The molecule has 142 valence electrons. The van der Waals surface area contributed by atoms with Crippen LogP contribution < -0.4 is 0 Å². The van der Waals surface area contributed by atoms with E-state index in [2.05, 4.69) is 40.7 Å². The van der Waals surface area contributed by atoms with Crippen LogP contribution in [0.15, 0.2) is 24.3 Å². The first-order valence-corrected chi connectivity index (χ1v) is 10.1. The summed E-state index contributed by atoms with van der Waals surface area (Å²) in [5, 5.41) is 20.7. The van der Waals surface area contributed by atoms with E-state index in [1.54, 1.807) is 6.07 Å². The molecule has 2 rings (SSSR count). The van der Waals surface area contributed by atoms with E-state index in [1.807, 2.05) is 12.1 Å². The summed E-state index contributed by atoms with van der Waals surface area (Å²) in [7, 11) is 0. The van der Waals surface area contributed by atoms with Crippen LogP contribution in [0, 0.1) is 0 Å². The molecule has 0 radical (unpaired) electrons. The van der Waals surface area contributed by atoms with Crippen molar-refractivity contribution in [1.29, 1.82) is 0 Å². The van der Waals surface area contributed by atoms with Crippen molar-refractivity contribution < 1.29 is 10.2 Å². The first-order chi connectivity index (χ1) is 12.4. The van der Waals surface area contributed by atoms with Gasteiger partial charge in [0.2, 0.25) is 0 Å². The third kappa shape index (κ3) is 4.23. The molecule has 0 spiro atoms. The number of aryl methyl sites for hydroxylation is 2. The van der Waals surface area contributed by atoms with E-state index in [0.717, 1.165) is 44.1 Å². The Morgan fingerprint density at radius 1 is 0.808 bits per heavy atom. The van der Waals surface area contributed by atoms with Crippen molar-refractivity contribution in [2.24, 2.45) is 0 Å². The van der Waals surface area contributed by atoms with Gasteiger partial charge in [0.1, 0.15) is 11.5 Å². The first-order valence-electron chi connectivity index (χ1n) is 10.1. The van der Waals surface area contributed by atoms with Gasteiger partial charge in [-0.3, -0.25) is 0 Å². The van der Waals surface area contributed by atoms with Crippen LogP contribution in [-0.2, 0) is 19.3 Å². The van der Waals surface area contributed by atoms with Crippen molar-refractivity contribution in [2.75, 3.05) is 0 Å². The molecule has 2 nitrogen and oxygen atoms in total. The molecule has 2 aromatic carbocycles. The largest absolute Gasteiger partial charge is 0.508 e. The Bertz CT molecular complexity index is 744. The molecule has 0 saturated carbocycles. The second-order valence-corrected chi connectivity index (χ2v) is 7.57. The normalized spacial score (nSPS) is 11.3. The third-order valence-corrected chi connectivity index (χ3v) is 5.01. The molecule has 0 heterocycles. The summed E-state index contributed by atoms with van der Waals surface area (Å²) in [4.78, 5) is 0. The molecule has 0 amide bonds. The van der Waals surface area contributed by atoms with Crippen molar-refractivity contribution in [3.63, 3.8) is 0 Å². The molecule has 0 saturated heterocycles. The summed E-state index contributed by atoms with van der Waals surface area (Å²) in [5.74, 6) is 1.04. The van der Waals surface area contributed by atoms with Crippen LogP contribution in [0.25, 0.3) is 11.1 Å². The first kappa shape index (κ1) is 20.4. The molecule has 2 N–H and O–H groups in total. The molecule has 0 fully saturated rings. The van der Waals surface area contributed by atoms with Crippen LogP contribution in [-0.4, -0.2) is 10.2 Å². The van der Waals surface area contributed by atoms with Gasteiger partial charge >= 0.3 is 0 Å². The molecule has 0 aromatic heterocycles. The predicted molar refractivity (Wildman–Crippen MR) is 111 cm³/mol. The third-order valence-electron chi connectivity index (χ3n) is 5.01. The van der Waals surface area contributed by atoms with E-state index >= 15 is 0 Å². The Morgan fingerprint density at radius 3 is 2.00 bits per heavy atom. The number of phenolic OH excluding ortho intramolecular Hbond substituents is 2. The van der Waals surface area contributed by atoms with Crippen LogP contribution in [0.4, 0.5) is 0 Å². The second kappa shape index (κ2) is 9.12. The number of hydrogen-bond donors (Lipinski definition) is 2. The summed E-state index contributed by atoms with van der Waals surface area (Å²) >= 11 is 0. The molecule has 0 aliphatic rings. The predicted octanol–water partition coefficient (Wildman–Crippen LogP) is 6.75. The average molecular weight is 355 g/mol. The topological polar surface area (TPSA) is 40.5 Å². The van der Waals surface area contributed by atoms with E-state index in [9.17, 15) is 10.2 Å². The summed E-state index contributed by atoms with van der Waals surface area (Å²) < 4.78 is 0. The molecular formula is C24H34O2. The molecule has 2 heteroatoms. The summed E-state index contributed by atoms with van der Waals surface area (Å²) in [6.45, 7) is 10.9. The van der Waals surface area contributed by atoms with Gasteiger partial charge in [0, 0.05) is 5.56 Å². The maximum absolute atomic E-state index is 10.7. The Labute approximate surface area is 158 Å². The zero-order valence-corrected chi connectivity index (χ0v) is 17.0. The van der Waals surface area contributed by atoms with Crippen molar-refractivity contribution in [2.45, 2.75) is 79.1 Å². The molecular weight excluding hydrogens is 320 g/mol. The molecule has 0 aliphatic heterocycles. The Morgan fingerprint density at radius 2 is 1.42 bits per heavy atom. The minimum absolute atomic E-state index is 0.276. The highest BCUT2D eigenvalue weighted by atomic mass is 16.3. The van der Waals surface area contributed by atoms with Crippen molar-refractivity contribution in [3.8, 4) is 22.6 Å². The Kier molecular flexibility index (Phi) is 7.14. The van der Waals surface area contributed by atoms with Crippen LogP contribution in [0.3, 0.4) is 0 Å². The maximum atomic E-state index is 10.7. The quantitative estimate of drug-likeness (QED) is 0.550. The highest BCUT2D eigenvalue weighted by molar-refractivity contribution is 5.78. The maximum Gasteiger partial charge on any atom is 0.119 e. The highest BCUT2D eigenvalue weighted by Crippen LogP contribution is 2.42. The summed E-state index contributed by atoms with van der Waals surface area (Å²) in [6, 6.07) is 7.75. The molecule has 0 atom stereocenters. The van der Waals surface area contributed by atoms with Crippen LogP contribution in [0.5, 0.6) is 11.5 Å². The second-order valence-electron chi connectivity index (χ2n) is 7.57. The lowest BCUT2D eigenvalue weighted by atomic mass is 9.81. The van der Waals surface area contributed by atoms with Crippen LogP contribution in [0.2, 0.25) is 0 Å². The standard InChI is InChI=1S/C24H34O2/c1-6-9-17-14-19(25)12-13-20(17)24-18(10-7-2)15-22(26)23(16(4)5)21(24)11-8-3/h12-16,25-26H,6-11H2,1-5H3. The molecule has 26 heavy (non-hydrogen) atoms. The number of hydrogen-bond acceptors (Lipinski definition) is 2. The zero-order chi connectivity index (χ0) is 19.3. The van der Waals surface area contributed by atoms with Crippen LogP contribution >= 0.6 is 0 Å². The van der Waals surface area contributed by atoms with Crippen molar-refractivity contribution in [3.05, 3.63) is 46.5 Å². The van der Waals surface area contributed by atoms with Gasteiger partial charge in [-0.05, 0) is 71.2 Å². The number of rotatable bonds is 8. The summed E-state index contributed by atoms with van der Waals surface area (Å²) in [5.41, 5.74) is 7.30. The molecule has 2 aromatic rings. The minimum atomic E-state index is 0.276. The monoisotopic (exact) mass is 354 g/mol. The van der Waals surface area contributed by atoms with Gasteiger partial charge in [0.25, 0.3) is 0 Å². The van der Waals surface area contributed by atoms with Gasteiger partial charge in [-0.2, -0.15) is 0 Å².